The normalized spacial score (nSPS) is 11.6. The number of esters is 1. The number of carbonyl (C=O) groups is 1. The molecule has 10 heteroatoms. The lowest BCUT2D eigenvalue weighted by Gasteiger charge is -2.15. The third-order valence-corrected chi connectivity index (χ3v) is 5.28. The number of rotatable bonds is 4. The van der Waals surface area contributed by atoms with E-state index in [1.54, 1.807) is 48.7 Å². The highest BCUT2D eigenvalue weighted by Gasteiger charge is 2.34. The maximum Gasteiger partial charge on any atom is 0.417 e. The van der Waals surface area contributed by atoms with Gasteiger partial charge in [0.2, 0.25) is 0 Å². The van der Waals surface area contributed by atoms with E-state index in [2.05, 4.69) is 20.5 Å². The fourth-order valence-electron chi connectivity index (χ4n) is 3.67. The molecule has 0 atom stereocenters. The molecular formula is C24H16F3N5O2. The molecular weight excluding hydrogens is 447 g/mol. The summed E-state index contributed by atoms with van der Waals surface area (Å²) >= 11 is 0. The van der Waals surface area contributed by atoms with Gasteiger partial charge in [0, 0.05) is 16.3 Å². The van der Waals surface area contributed by atoms with Gasteiger partial charge in [-0.25, -0.2) is 14.8 Å². The van der Waals surface area contributed by atoms with Crippen LogP contribution in [0.3, 0.4) is 0 Å². The van der Waals surface area contributed by atoms with Crippen LogP contribution in [-0.4, -0.2) is 32.9 Å². The fourth-order valence-corrected chi connectivity index (χ4v) is 3.67. The lowest BCUT2D eigenvalue weighted by atomic mass is 10.1. The molecule has 5 rings (SSSR count). The van der Waals surface area contributed by atoms with E-state index >= 15 is 0 Å². The Morgan fingerprint density at radius 3 is 2.56 bits per heavy atom. The first-order valence-electron chi connectivity index (χ1n) is 10.1. The highest BCUT2D eigenvalue weighted by atomic mass is 19.4. The second kappa shape index (κ2) is 8.14. The second-order valence-electron chi connectivity index (χ2n) is 7.39. The van der Waals surface area contributed by atoms with Gasteiger partial charge in [-0.05, 0) is 36.4 Å². The number of ether oxygens (including phenoxy) is 1. The number of fused-ring (bicyclic) bond motifs is 2. The lowest BCUT2D eigenvalue weighted by molar-refractivity contribution is -0.137. The van der Waals surface area contributed by atoms with Crippen molar-refractivity contribution in [3.63, 3.8) is 0 Å². The van der Waals surface area contributed by atoms with Crippen LogP contribution in [-0.2, 0) is 10.9 Å². The molecule has 34 heavy (non-hydrogen) atoms. The largest absolute Gasteiger partial charge is 0.465 e. The van der Waals surface area contributed by atoms with Gasteiger partial charge < -0.3 is 4.74 Å². The van der Waals surface area contributed by atoms with Gasteiger partial charge in [-0.1, -0.05) is 30.3 Å². The van der Waals surface area contributed by atoms with Crippen molar-refractivity contribution in [2.75, 3.05) is 12.5 Å². The molecule has 2 heterocycles. The summed E-state index contributed by atoms with van der Waals surface area (Å²) in [6.07, 6.45) is -3.01. The third-order valence-electron chi connectivity index (χ3n) is 5.28. The minimum atomic E-state index is -4.56. The Hall–Kier alpha value is -4.47. The summed E-state index contributed by atoms with van der Waals surface area (Å²) in [5.41, 5.74) is 3.58. The number of anilines is 1. The molecule has 1 N–H and O–H groups in total. The maximum atomic E-state index is 13.6. The van der Waals surface area contributed by atoms with Crippen LogP contribution in [0.2, 0.25) is 0 Å². The number of nitrogens with zero attached hydrogens (tertiary/aromatic N) is 4. The predicted molar refractivity (Wildman–Crippen MR) is 120 cm³/mol. The first-order valence-corrected chi connectivity index (χ1v) is 10.1. The van der Waals surface area contributed by atoms with E-state index in [-0.39, 0.29) is 17.2 Å². The number of halogens is 3. The Bertz CT molecular complexity index is 1550. The molecule has 0 aliphatic rings. The Morgan fingerprint density at radius 1 is 1.00 bits per heavy atom. The number of hydrogen-bond acceptors (Lipinski definition) is 6. The van der Waals surface area contributed by atoms with Crippen LogP contribution >= 0.6 is 0 Å². The number of nitrogens with one attached hydrogen (secondary N) is 1. The van der Waals surface area contributed by atoms with Crippen LogP contribution < -0.4 is 5.43 Å². The highest BCUT2D eigenvalue weighted by molar-refractivity contribution is 5.95. The number of alkyl halides is 3. The van der Waals surface area contributed by atoms with Crippen LogP contribution in [0.25, 0.3) is 33.2 Å². The fraction of sp³-hybridized carbons (Fsp3) is 0.0833. The molecule has 0 saturated carbocycles. The molecule has 0 unspecified atom stereocenters. The molecule has 0 aliphatic heterocycles. The smallest absolute Gasteiger partial charge is 0.417 e. The Morgan fingerprint density at radius 2 is 1.76 bits per heavy atom. The van der Waals surface area contributed by atoms with Crippen molar-refractivity contribution in [2.24, 2.45) is 0 Å². The van der Waals surface area contributed by atoms with Crippen molar-refractivity contribution in [1.29, 1.82) is 0 Å². The van der Waals surface area contributed by atoms with Crippen molar-refractivity contribution in [2.45, 2.75) is 6.18 Å². The summed E-state index contributed by atoms with van der Waals surface area (Å²) in [4.78, 5) is 22.1. The van der Waals surface area contributed by atoms with E-state index < -0.39 is 17.7 Å². The van der Waals surface area contributed by atoms with Crippen molar-refractivity contribution >= 4 is 33.6 Å². The van der Waals surface area contributed by atoms with Crippen LogP contribution in [0.5, 0.6) is 0 Å². The van der Waals surface area contributed by atoms with Gasteiger partial charge in [-0.15, -0.1) is 0 Å². The van der Waals surface area contributed by atoms with Gasteiger partial charge in [-0.3, -0.25) is 5.43 Å². The number of benzene rings is 3. The summed E-state index contributed by atoms with van der Waals surface area (Å²) in [5.74, 6) is -0.268. The monoisotopic (exact) mass is 463 g/mol. The van der Waals surface area contributed by atoms with Gasteiger partial charge in [0.1, 0.15) is 0 Å². The van der Waals surface area contributed by atoms with E-state index in [1.165, 1.54) is 30.1 Å². The van der Waals surface area contributed by atoms with Crippen LogP contribution in [0, 0.1) is 0 Å². The molecule has 0 bridgehead atoms. The molecule has 0 radical (unpaired) electrons. The van der Waals surface area contributed by atoms with E-state index in [4.69, 9.17) is 4.74 Å². The number of carbonyl (C=O) groups excluding carboxylic acids is 1. The molecule has 0 saturated heterocycles. The lowest BCUT2D eigenvalue weighted by Crippen LogP contribution is -2.14. The van der Waals surface area contributed by atoms with Crippen LogP contribution in [0.15, 0.2) is 72.9 Å². The maximum absolute atomic E-state index is 13.6. The first kappa shape index (κ1) is 21.4. The van der Waals surface area contributed by atoms with E-state index in [9.17, 15) is 18.0 Å². The standard InChI is InChI=1S/C24H16F3N5O2/c1-34-23(33)14-10-11-20-15(12-14)13-28-32(20)31-22-17-7-3-5-9-19(17)29-21(30-22)16-6-2-4-8-18(16)24(25,26)27/h2-13H,1H3,(H,29,30,31). The highest BCUT2D eigenvalue weighted by Crippen LogP contribution is 2.37. The molecule has 0 spiro atoms. The SMILES string of the molecule is COC(=O)c1ccc2c(cnn2Nc2nc(-c3ccccc3C(F)(F)F)nc3ccccc23)c1. The van der Waals surface area contributed by atoms with Gasteiger partial charge in [0.15, 0.2) is 11.6 Å². The van der Waals surface area contributed by atoms with Crippen molar-refractivity contribution < 1.29 is 22.7 Å². The number of aromatic nitrogens is 4. The number of hydrogen-bond donors (Lipinski definition) is 1. The molecule has 0 aliphatic carbocycles. The Labute approximate surface area is 190 Å². The topological polar surface area (TPSA) is 81.9 Å². The quantitative estimate of drug-likeness (QED) is 0.363. The third kappa shape index (κ3) is 3.79. The summed E-state index contributed by atoms with van der Waals surface area (Å²) in [7, 11) is 1.30. The van der Waals surface area contributed by atoms with Crippen LogP contribution in [0.4, 0.5) is 19.0 Å². The Balaban J connectivity index is 1.63. The zero-order chi connectivity index (χ0) is 23.9. The molecule has 0 amide bonds. The zero-order valence-electron chi connectivity index (χ0n) is 17.7. The van der Waals surface area contributed by atoms with Gasteiger partial charge in [-0.2, -0.15) is 23.1 Å². The first-order chi connectivity index (χ1) is 16.3. The summed E-state index contributed by atoms with van der Waals surface area (Å²) < 4.78 is 45.6. The van der Waals surface area contributed by atoms with Crippen molar-refractivity contribution in [3.05, 3.63) is 84.1 Å². The number of methoxy groups -OCH3 is 1. The average Bonchev–Trinajstić information content (AvgIpc) is 3.24. The van der Waals surface area contributed by atoms with Crippen molar-refractivity contribution in [3.8, 4) is 11.4 Å². The molecule has 2 aromatic heterocycles. The zero-order valence-corrected chi connectivity index (χ0v) is 17.7. The summed E-state index contributed by atoms with van der Waals surface area (Å²) in [6.45, 7) is 0. The van der Waals surface area contributed by atoms with E-state index in [0.717, 1.165) is 6.07 Å². The van der Waals surface area contributed by atoms with Gasteiger partial charge >= 0.3 is 12.1 Å². The minimum Gasteiger partial charge on any atom is -0.465 e. The summed E-state index contributed by atoms with van der Waals surface area (Å²) in [6, 6.07) is 17.1. The number of para-hydroxylation sites is 1. The van der Waals surface area contributed by atoms with E-state index in [0.29, 0.717) is 27.4 Å². The molecule has 7 nitrogen and oxygen atoms in total. The minimum absolute atomic E-state index is 0.0708. The Kier molecular flexibility index (Phi) is 5.12. The molecule has 0 fully saturated rings. The second-order valence-corrected chi connectivity index (χ2v) is 7.39. The average molecular weight is 463 g/mol. The van der Waals surface area contributed by atoms with Gasteiger partial charge in [0.25, 0.3) is 0 Å². The van der Waals surface area contributed by atoms with E-state index in [1.807, 2.05) is 0 Å². The van der Waals surface area contributed by atoms with Gasteiger partial charge in [0.05, 0.1) is 35.5 Å². The molecule has 3 aromatic carbocycles. The molecule has 170 valence electrons. The van der Waals surface area contributed by atoms with Crippen molar-refractivity contribution in [1.82, 2.24) is 19.9 Å². The van der Waals surface area contributed by atoms with Crippen LogP contribution in [0.1, 0.15) is 15.9 Å². The summed E-state index contributed by atoms with van der Waals surface area (Å²) in [5, 5.41) is 5.56. The molecule has 5 aromatic rings. The predicted octanol–water partition coefficient (Wildman–Crippen LogP) is 5.33.